The summed E-state index contributed by atoms with van der Waals surface area (Å²) in [4.78, 5) is 26.3. The molecule has 0 aromatic rings. The Balaban J connectivity index is 1.10. The number of rotatable bonds is 3. The number of hydrogen-bond acceptors (Lipinski definition) is 10. The van der Waals surface area contributed by atoms with Crippen molar-refractivity contribution in [1.82, 2.24) is 0 Å². The molecule has 8 fully saturated rings. The zero-order valence-electron chi connectivity index (χ0n) is 29.4. The standard InChI is InChI=1S/C37H56O10/c1-31(2)13-15-36-16-14-35(7)34(6)12-9-18-32(3,4)20(44-29-23(40)21(38)22(39)24(46-29)28(41)43-8)10-11-33(18,5)26(34)25-27(45-25)37(35,19(36)17-31)47-30(36)42/h18-27,29,38-40H,9-17H2,1-8H3. The molecular formula is C37H56O10. The lowest BCUT2D eigenvalue weighted by atomic mass is 9.31. The second-order valence-corrected chi connectivity index (χ2v) is 19.0. The molecule has 3 heterocycles. The quantitative estimate of drug-likeness (QED) is 0.232. The summed E-state index contributed by atoms with van der Waals surface area (Å²) in [6, 6.07) is 0. The van der Waals surface area contributed by atoms with Crippen molar-refractivity contribution in [3.8, 4) is 0 Å². The maximum atomic E-state index is 14.0. The summed E-state index contributed by atoms with van der Waals surface area (Å²) in [5, 5.41) is 31.8. The monoisotopic (exact) mass is 660 g/mol. The van der Waals surface area contributed by atoms with E-state index in [2.05, 4.69) is 48.5 Å². The lowest BCUT2D eigenvalue weighted by Crippen LogP contribution is -2.75. The van der Waals surface area contributed by atoms with Crippen molar-refractivity contribution in [2.45, 2.75) is 161 Å². The average Bonchev–Trinajstić information content (AvgIpc) is 3.76. The highest BCUT2D eigenvalue weighted by atomic mass is 16.7. The minimum absolute atomic E-state index is 0.0379. The van der Waals surface area contributed by atoms with E-state index in [0.717, 1.165) is 51.4 Å². The van der Waals surface area contributed by atoms with Crippen LogP contribution in [-0.4, -0.2) is 89.0 Å². The lowest BCUT2D eigenvalue weighted by Gasteiger charge is -2.72. The number of carbonyl (C=O) groups excluding carboxylic acids is 2. The second-order valence-electron chi connectivity index (χ2n) is 19.0. The number of hydrogen-bond donors (Lipinski definition) is 3. The van der Waals surface area contributed by atoms with E-state index in [9.17, 15) is 24.9 Å². The third-order valence-electron chi connectivity index (χ3n) is 16.4. The Hall–Kier alpha value is -1.30. The van der Waals surface area contributed by atoms with E-state index >= 15 is 0 Å². The Kier molecular flexibility index (Phi) is 6.80. The number of carbonyl (C=O) groups is 2. The van der Waals surface area contributed by atoms with Gasteiger partial charge in [-0.25, -0.2) is 4.79 Å². The Bertz CT molecular complexity index is 1360. The fourth-order valence-electron chi connectivity index (χ4n) is 13.8. The van der Waals surface area contributed by atoms with Crippen LogP contribution in [0.25, 0.3) is 0 Å². The van der Waals surface area contributed by atoms with Crippen molar-refractivity contribution in [3.05, 3.63) is 0 Å². The zero-order chi connectivity index (χ0) is 33.9. The third-order valence-corrected chi connectivity index (χ3v) is 16.4. The molecule has 1 spiro atoms. The molecule has 16 unspecified atom stereocenters. The Morgan fingerprint density at radius 2 is 1.53 bits per heavy atom. The maximum absolute atomic E-state index is 14.0. The van der Waals surface area contributed by atoms with Gasteiger partial charge >= 0.3 is 11.9 Å². The van der Waals surface area contributed by atoms with Gasteiger partial charge in [-0.2, -0.15) is 0 Å². The van der Waals surface area contributed by atoms with Crippen LogP contribution in [0.15, 0.2) is 0 Å². The summed E-state index contributed by atoms with van der Waals surface area (Å²) < 4.78 is 30.8. The highest BCUT2D eigenvalue weighted by Gasteiger charge is 2.89. The second kappa shape index (κ2) is 9.72. The van der Waals surface area contributed by atoms with Gasteiger partial charge in [-0.1, -0.05) is 48.5 Å². The fraction of sp³-hybridized carbons (Fsp3) is 0.946. The third kappa shape index (κ3) is 3.79. The number of esters is 2. The first-order valence-corrected chi connectivity index (χ1v) is 18.2. The van der Waals surface area contributed by atoms with E-state index in [1.807, 2.05) is 0 Å². The van der Waals surface area contributed by atoms with Gasteiger partial charge in [-0.05, 0) is 91.3 Å². The van der Waals surface area contributed by atoms with E-state index in [1.165, 1.54) is 7.11 Å². The van der Waals surface area contributed by atoms with Crippen molar-refractivity contribution in [2.75, 3.05) is 7.11 Å². The molecule has 0 radical (unpaired) electrons. The predicted molar refractivity (Wildman–Crippen MR) is 167 cm³/mol. The number of ether oxygens (including phenoxy) is 5. The molecule has 3 aliphatic heterocycles. The van der Waals surface area contributed by atoms with E-state index in [1.54, 1.807) is 0 Å². The molecule has 8 rings (SSSR count). The highest BCUT2D eigenvalue weighted by Crippen LogP contribution is 2.83. The molecule has 3 saturated heterocycles. The Labute approximate surface area is 278 Å². The molecule has 10 nitrogen and oxygen atoms in total. The summed E-state index contributed by atoms with van der Waals surface area (Å²) in [7, 11) is 1.19. The molecule has 47 heavy (non-hydrogen) atoms. The van der Waals surface area contributed by atoms with Crippen molar-refractivity contribution in [1.29, 1.82) is 0 Å². The minimum atomic E-state index is -1.62. The van der Waals surface area contributed by atoms with Crippen LogP contribution < -0.4 is 0 Å². The number of fused-ring (bicyclic) bond motifs is 6. The number of methoxy groups -OCH3 is 1. The average molecular weight is 661 g/mol. The van der Waals surface area contributed by atoms with E-state index in [4.69, 9.17) is 23.7 Å². The van der Waals surface area contributed by atoms with Crippen LogP contribution in [0.2, 0.25) is 0 Å². The SMILES string of the molecule is COC(=O)C1OC(OC2CCC3(C)C(CCC4(C)C3C3OC3C35OC(=O)C6(CCC(C)(C)CC63)CCC45C)C2(C)C)C(O)C(O)C1O. The summed E-state index contributed by atoms with van der Waals surface area (Å²) in [5.74, 6) is -0.0460. The molecular weight excluding hydrogens is 604 g/mol. The van der Waals surface area contributed by atoms with Gasteiger partial charge in [0.05, 0.1) is 24.7 Å². The predicted octanol–water partition coefficient (Wildman–Crippen LogP) is 3.90. The van der Waals surface area contributed by atoms with Gasteiger partial charge in [0.15, 0.2) is 18.0 Å². The molecule has 5 aliphatic carbocycles. The first kappa shape index (κ1) is 32.9. The molecule has 5 saturated carbocycles. The smallest absolute Gasteiger partial charge is 0.337 e. The summed E-state index contributed by atoms with van der Waals surface area (Å²) >= 11 is 0. The molecule has 3 N–H and O–H groups in total. The van der Waals surface area contributed by atoms with Gasteiger partial charge in [0.2, 0.25) is 0 Å². The van der Waals surface area contributed by atoms with E-state index < -0.39 is 42.3 Å². The zero-order valence-corrected chi connectivity index (χ0v) is 29.4. The number of epoxide rings is 1. The minimum Gasteiger partial charge on any atom is -0.467 e. The van der Waals surface area contributed by atoms with Gasteiger partial charge in [-0.3, -0.25) is 4.79 Å². The summed E-state index contributed by atoms with van der Waals surface area (Å²) in [6.45, 7) is 16.6. The van der Waals surface area contributed by atoms with Gasteiger partial charge in [-0.15, -0.1) is 0 Å². The summed E-state index contributed by atoms with van der Waals surface area (Å²) in [5.41, 5.74) is -1.48. The fourth-order valence-corrected chi connectivity index (χ4v) is 13.8. The van der Waals surface area contributed by atoms with Crippen LogP contribution in [0.3, 0.4) is 0 Å². The topological polar surface area (TPSA) is 144 Å². The number of aliphatic hydroxyl groups excluding tert-OH is 3. The molecule has 264 valence electrons. The van der Waals surface area contributed by atoms with Crippen LogP contribution >= 0.6 is 0 Å². The van der Waals surface area contributed by atoms with Gasteiger partial charge < -0.3 is 39.0 Å². The molecule has 0 aromatic heterocycles. The van der Waals surface area contributed by atoms with Crippen molar-refractivity contribution >= 4 is 11.9 Å². The Morgan fingerprint density at radius 3 is 2.23 bits per heavy atom. The molecule has 0 amide bonds. The first-order chi connectivity index (χ1) is 21.8. The van der Waals surface area contributed by atoms with Crippen molar-refractivity contribution in [3.63, 3.8) is 0 Å². The van der Waals surface area contributed by atoms with Crippen LogP contribution in [-0.2, 0) is 33.3 Å². The van der Waals surface area contributed by atoms with Crippen LogP contribution in [0.4, 0.5) is 0 Å². The molecule has 8 aliphatic rings. The lowest BCUT2D eigenvalue weighted by molar-refractivity contribution is -0.327. The largest absolute Gasteiger partial charge is 0.467 e. The molecule has 16 atom stereocenters. The first-order valence-electron chi connectivity index (χ1n) is 18.2. The van der Waals surface area contributed by atoms with Crippen LogP contribution in [0.1, 0.15) is 106 Å². The maximum Gasteiger partial charge on any atom is 0.337 e. The molecule has 0 aromatic carbocycles. The van der Waals surface area contributed by atoms with E-state index in [0.29, 0.717) is 6.42 Å². The van der Waals surface area contributed by atoms with Gasteiger partial charge in [0, 0.05) is 11.3 Å². The van der Waals surface area contributed by atoms with Gasteiger partial charge in [0.1, 0.15) is 24.4 Å². The number of aliphatic hydroxyl groups is 3. The molecule has 10 heteroatoms. The van der Waals surface area contributed by atoms with E-state index in [-0.39, 0.29) is 74.5 Å². The summed E-state index contributed by atoms with van der Waals surface area (Å²) in [6.07, 6.45) is 0.600. The van der Waals surface area contributed by atoms with Crippen LogP contribution in [0.5, 0.6) is 0 Å². The Morgan fingerprint density at radius 1 is 0.830 bits per heavy atom. The van der Waals surface area contributed by atoms with Crippen LogP contribution in [0, 0.1) is 50.2 Å². The molecule has 2 bridgehead atoms. The highest BCUT2D eigenvalue weighted by molar-refractivity contribution is 5.82. The van der Waals surface area contributed by atoms with Crippen molar-refractivity contribution in [2.24, 2.45) is 50.2 Å². The van der Waals surface area contributed by atoms with Crippen molar-refractivity contribution < 1.29 is 48.6 Å². The normalized spacial score (nSPS) is 58.1. The van der Waals surface area contributed by atoms with Gasteiger partial charge in [0.25, 0.3) is 0 Å².